The molecule has 0 radical (unpaired) electrons. The summed E-state index contributed by atoms with van der Waals surface area (Å²) in [5, 5.41) is 4.67. The molecule has 1 aliphatic carbocycles. The van der Waals surface area contributed by atoms with Crippen LogP contribution < -0.4 is 0 Å². The topological polar surface area (TPSA) is 76.3 Å². The largest absolute Gasteiger partial charge is 0.339 e. The molecule has 2 atom stereocenters. The van der Waals surface area contributed by atoms with E-state index in [1.165, 1.54) is 0 Å². The number of sulfonamides is 1. The molecular weight excluding hydrogens is 374 g/mol. The normalized spacial score (nSPS) is 26.3. The summed E-state index contributed by atoms with van der Waals surface area (Å²) in [6, 6.07) is 7.09. The minimum Gasteiger partial charge on any atom is -0.339 e. The molecule has 0 bridgehead atoms. The van der Waals surface area contributed by atoms with Crippen molar-refractivity contribution in [1.82, 2.24) is 14.4 Å². The monoisotopic (exact) mass is 395 g/mol. The van der Waals surface area contributed by atoms with Crippen molar-refractivity contribution < 1.29 is 12.9 Å². The van der Waals surface area contributed by atoms with Crippen LogP contribution in [0.5, 0.6) is 0 Å². The van der Waals surface area contributed by atoms with Crippen LogP contribution >= 0.6 is 11.6 Å². The Hall–Kier alpha value is -1.44. The number of hydrogen-bond donors (Lipinski definition) is 0. The van der Waals surface area contributed by atoms with Gasteiger partial charge in [-0.2, -0.15) is 4.98 Å². The Morgan fingerprint density at radius 3 is 2.92 bits per heavy atom. The molecule has 1 saturated carbocycles. The van der Waals surface area contributed by atoms with E-state index in [1.807, 2.05) is 13.0 Å². The third kappa shape index (κ3) is 2.96. The van der Waals surface area contributed by atoms with Gasteiger partial charge in [-0.3, -0.25) is 0 Å². The number of halogens is 1. The molecule has 140 valence electrons. The molecular formula is C18H22ClN3O3S. The maximum atomic E-state index is 13.0. The first kappa shape index (κ1) is 17.9. The molecule has 0 spiro atoms. The highest BCUT2D eigenvalue weighted by Crippen LogP contribution is 2.50. The van der Waals surface area contributed by atoms with Crippen molar-refractivity contribution in [3.8, 4) is 0 Å². The van der Waals surface area contributed by atoms with Crippen LogP contribution in [0.25, 0.3) is 0 Å². The van der Waals surface area contributed by atoms with E-state index in [0.29, 0.717) is 41.8 Å². The Labute approximate surface area is 158 Å². The van der Waals surface area contributed by atoms with Crippen molar-refractivity contribution in [3.63, 3.8) is 0 Å². The first-order valence-electron chi connectivity index (χ1n) is 8.99. The van der Waals surface area contributed by atoms with E-state index in [1.54, 1.807) is 22.5 Å². The van der Waals surface area contributed by atoms with Gasteiger partial charge in [0.15, 0.2) is 5.82 Å². The smallest absolute Gasteiger partial charge is 0.226 e. The Bertz CT molecular complexity index is 914. The standard InChI is InChI=1S/C18H22ClN3O3S/c1-2-16-20-17(21-25-16)18-9-5-7-14(18)10-22(12-18)26(23,24)11-13-6-3-4-8-15(13)19/h3-4,6,8,14H,2,5,7,9-12H2,1H3/t14-,18-/m1/s1. The second-order valence-electron chi connectivity index (χ2n) is 7.25. The van der Waals surface area contributed by atoms with Crippen LogP contribution in [0, 0.1) is 5.92 Å². The van der Waals surface area contributed by atoms with Crippen molar-refractivity contribution in [2.75, 3.05) is 13.1 Å². The van der Waals surface area contributed by atoms with Crippen LogP contribution in [0.15, 0.2) is 28.8 Å². The molecule has 0 unspecified atom stereocenters. The molecule has 2 aromatic rings. The van der Waals surface area contributed by atoms with Gasteiger partial charge in [-0.1, -0.05) is 48.3 Å². The molecule has 2 heterocycles. The van der Waals surface area contributed by atoms with Crippen molar-refractivity contribution in [2.45, 2.75) is 43.8 Å². The van der Waals surface area contributed by atoms with E-state index < -0.39 is 10.0 Å². The van der Waals surface area contributed by atoms with E-state index in [0.717, 1.165) is 19.3 Å². The van der Waals surface area contributed by atoms with E-state index in [-0.39, 0.29) is 17.1 Å². The lowest BCUT2D eigenvalue weighted by Crippen LogP contribution is -2.36. The second-order valence-corrected chi connectivity index (χ2v) is 9.63. The number of aryl methyl sites for hydroxylation is 1. The predicted molar refractivity (Wildman–Crippen MR) is 98.3 cm³/mol. The van der Waals surface area contributed by atoms with Crippen molar-refractivity contribution in [2.24, 2.45) is 5.92 Å². The van der Waals surface area contributed by atoms with Crippen LogP contribution in [0.4, 0.5) is 0 Å². The summed E-state index contributed by atoms with van der Waals surface area (Å²) in [4.78, 5) is 4.54. The van der Waals surface area contributed by atoms with Crippen LogP contribution in [-0.2, 0) is 27.6 Å². The molecule has 0 N–H and O–H groups in total. The fourth-order valence-electron chi connectivity index (χ4n) is 4.32. The number of aromatic nitrogens is 2. The van der Waals surface area contributed by atoms with E-state index in [2.05, 4.69) is 10.1 Å². The summed E-state index contributed by atoms with van der Waals surface area (Å²) < 4.78 is 33.0. The molecule has 8 heteroatoms. The predicted octanol–water partition coefficient (Wildman–Crippen LogP) is 3.17. The van der Waals surface area contributed by atoms with E-state index in [9.17, 15) is 8.42 Å². The highest BCUT2D eigenvalue weighted by atomic mass is 35.5. The summed E-state index contributed by atoms with van der Waals surface area (Å²) in [5.74, 6) is 1.44. The quantitative estimate of drug-likeness (QED) is 0.777. The van der Waals surface area contributed by atoms with Gasteiger partial charge in [-0.05, 0) is 30.4 Å². The zero-order chi connectivity index (χ0) is 18.4. The number of hydrogen-bond acceptors (Lipinski definition) is 5. The first-order valence-corrected chi connectivity index (χ1v) is 11.0. The number of rotatable bonds is 5. The van der Waals surface area contributed by atoms with Crippen LogP contribution in [0.3, 0.4) is 0 Å². The van der Waals surface area contributed by atoms with Crippen molar-refractivity contribution in [3.05, 3.63) is 46.6 Å². The molecule has 6 nitrogen and oxygen atoms in total. The summed E-state index contributed by atoms with van der Waals surface area (Å²) in [6.45, 7) is 2.91. The molecule has 26 heavy (non-hydrogen) atoms. The molecule has 1 saturated heterocycles. The van der Waals surface area contributed by atoms with Crippen molar-refractivity contribution >= 4 is 21.6 Å². The van der Waals surface area contributed by atoms with Gasteiger partial charge in [0, 0.05) is 24.5 Å². The minimum atomic E-state index is -3.46. The average molecular weight is 396 g/mol. The van der Waals surface area contributed by atoms with Gasteiger partial charge >= 0.3 is 0 Å². The van der Waals surface area contributed by atoms with Crippen LogP contribution in [0.1, 0.15) is 43.5 Å². The lowest BCUT2D eigenvalue weighted by atomic mass is 9.80. The van der Waals surface area contributed by atoms with Crippen LogP contribution in [0.2, 0.25) is 5.02 Å². The maximum absolute atomic E-state index is 13.0. The summed E-state index contributed by atoms with van der Waals surface area (Å²) in [7, 11) is -3.46. The second kappa shape index (κ2) is 6.62. The average Bonchev–Trinajstić information content (AvgIpc) is 3.30. The minimum absolute atomic E-state index is 0.0814. The van der Waals surface area contributed by atoms with E-state index >= 15 is 0 Å². The fourth-order valence-corrected chi connectivity index (χ4v) is 6.27. The highest BCUT2D eigenvalue weighted by Gasteiger charge is 2.55. The Kier molecular flexibility index (Phi) is 4.57. The van der Waals surface area contributed by atoms with Gasteiger partial charge in [0.25, 0.3) is 0 Å². The highest BCUT2D eigenvalue weighted by molar-refractivity contribution is 7.88. The number of nitrogens with zero attached hydrogens (tertiary/aromatic N) is 3. The zero-order valence-electron chi connectivity index (χ0n) is 14.7. The van der Waals surface area contributed by atoms with Gasteiger partial charge in [-0.25, -0.2) is 12.7 Å². The molecule has 2 aliphatic rings. The summed E-state index contributed by atoms with van der Waals surface area (Å²) in [5.41, 5.74) is 0.317. The van der Waals surface area contributed by atoms with Crippen molar-refractivity contribution in [1.29, 1.82) is 0 Å². The number of benzene rings is 1. The van der Waals surface area contributed by atoms with Gasteiger partial charge < -0.3 is 4.52 Å². The Morgan fingerprint density at radius 1 is 1.38 bits per heavy atom. The van der Waals surface area contributed by atoms with Gasteiger partial charge in [-0.15, -0.1) is 0 Å². The molecule has 1 aromatic carbocycles. The third-order valence-electron chi connectivity index (χ3n) is 5.74. The Balaban J connectivity index is 1.61. The SMILES string of the molecule is CCc1nc([C@@]23CCC[C@@H]2CN(S(=O)(=O)Cc2ccccc2Cl)C3)no1. The lowest BCUT2D eigenvalue weighted by Gasteiger charge is -2.24. The zero-order valence-corrected chi connectivity index (χ0v) is 16.3. The lowest BCUT2D eigenvalue weighted by molar-refractivity contribution is 0.329. The fraction of sp³-hybridized carbons (Fsp3) is 0.556. The maximum Gasteiger partial charge on any atom is 0.226 e. The first-order chi connectivity index (χ1) is 12.4. The van der Waals surface area contributed by atoms with Gasteiger partial charge in [0.2, 0.25) is 15.9 Å². The molecule has 1 aromatic heterocycles. The Morgan fingerprint density at radius 2 is 2.19 bits per heavy atom. The van der Waals surface area contributed by atoms with Crippen LogP contribution in [-0.4, -0.2) is 36.0 Å². The molecule has 1 aliphatic heterocycles. The summed E-state index contributed by atoms with van der Waals surface area (Å²) in [6.07, 6.45) is 3.65. The summed E-state index contributed by atoms with van der Waals surface area (Å²) >= 11 is 6.16. The molecule has 0 amide bonds. The van der Waals surface area contributed by atoms with E-state index in [4.69, 9.17) is 16.1 Å². The third-order valence-corrected chi connectivity index (χ3v) is 7.85. The molecule has 4 rings (SSSR count). The van der Waals surface area contributed by atoms with Gasteiger partial charge in [0.05, 0.1) is 11.2 Å². The van der Waals surface area contributed by atoms with Gasteiger partial charge in [0.1, 0.15) is 0 Å². The molecule has 2 fully saturated rings. The number of fused-ring (bicyclic) bond motifs is 1.